The second-order valence-electron chi connectivity index (χ2n) is 6.77. The molecule has 1 N–H and O–H groups in total. The summed E-state index contributed by atoms with van der Waals surface area (Å²) in [5.41, 5.74) is 2.53. The molecule has 0 bridgehead atoms. The zero-order valence-corrected chi connectivity index (χ0v) is 15.4. The standard InChI is InChI=1S/C20H23N5O2/c1-15-6-7-19(23-22-15)27-13-12-24-8-10-25(11-9-24)20(26)18-14-16-4-2-3-5-17(16)21-18/h2-7,14,21H,8-13H2,1H3. The number of piperazine rings is 1. The number of carbonyl (C=O) groups excluding carboxylic acids is 1. The molecule has 0 spiro atoms. The van der Waals surface area contributed by atoms with Gasteiger partial charge >= 0.3 is 0 Å². The number of nitrogens with zero attached hydrogens (tertiary/aromatic N) is 4. The van der Waals surface area contributed by atoms with E-state index in [0.717, 1.165) is 49.3 Å². The smallest absolute Gasteiger partial charge is 0.270 e. The molecule has 27 heavy (non-hydrogen) atoms. The number of benzene rings is 1. The fourth-order valence-corrected chi connectivity index (χ4v) is 3.28. The Balaban J connectivity index is 1.25. The Labute approximate surface area is 157 Å². The number of aromatic nitrogens is 3. The van der Waals surface area contributed by atoms with Gasteiger partial charge in [0, 0.05) is 49.7 Å². The van der Waals surface area contributed by atoms with Gasteiger partial charge in [0.1, 0.15) is 12.3 Å². The van der Waals surface area contributed by atoms with Crippen molar-refractivity contribution in [2.24, 2.45) is 0 Å². The highest BCUT2D eigenvalue weighted by molar-refractivity contribution is 5.98. The molecule has 1 amide bonds. The number of hydrogen-bond acceptors (Lipinski definition) is 5. The summed E-state index contributed by atoms with van der Waals surface area (Å²) in [7, 11) is 0. The van der Waals surface area contributed by atoms with Crippen LogP contribution in [-0.2, 0) is 0 Å². The van der Waals surface area contributed by atoms with Crippen LogP contribution in [0.1, 0.15) is 16.2 Å². The molecule has 0 atom stereocenters. The molecule has 0 radical (unpaired) electrons. The number of rotatable bonds is 5. The molecule has 3 aromatic rings. The van der Waals surface area contributed by atoms with E-state index in [1.54, 1.807) is 0 Å². The minimum atomic E-state index is 0.0667. The van der Waals surface area contributed by atoms with Crippen molar-refractivity contribution >= 4 is 16.8 Å². The first-order valence-corrected chi connectivity index (χ1v) is 9.21. The highest BCUT2D eigenvalue weighted by Gasteiger charge is 2.23. The van der Waals surface area contributed by atoms with E-state index < -0.39 is 0 Å². The van der Waals surface area contributed by atoms with E-state index in [2.05, 4.69) is 20.1 Å². The van der Waals surface area contributed by atoms with E-state index in [4.69, 9.17) is 4.74 Å². The van der Waals surface area contributed by atoms with Gasteiger partial charge in [-0.3, -0.25) is 9.69 Å². The Morgan fingerprint density at radius 2 is 1.93 bits per heavy atom. The third-order valence-electron chi connectivity index (χ3n) is 4.85. The van der Waals surface area contributed by atoms with Crippen molar-refractivity contribution in [1.29, 1.82) is 0 Å². The van der Waals surface area contributed by atoms with Crippen LogP contribution in [0.3, 0.4) is 0 Å². The zero-order chi connectivity index (χ0) is 18.6. The SMILES string of the molecule is Cc1ccc(OCCN2CCN(C(=O)c3cc4ccccc4[nH]3)CC2)nn1. The molecule has 1 saturated heterocycles. The van der Waals surface area contributed by atoms with Gasteiger partial charge in [-0.05, 0) is 25.1 Å². The van der Waals surface area contributed by atoms with Gasteiger partial charge in [-0.1, -0.05) is 18.2 Å². The molecule has 1 fully saturated rings. The molecule has 7 nitrogen and oxygen atoms in total. The van der Waals surface area contributed by atoms with Crippen LogP contribution in [0.25, 0.3) is 10.9 Å². The number of aryl methyl sites for hydroxylation is 1. The van der Waals surface area contributed by atoms with E-state index in [1.165, 1.54) is 0 Å². The lowest BCUT2D eigenvalue weighted by molar-refractivity contribution is 0.0614. The van der Waals surface area contributed by atoms with Crippen molar-refractivity contribution in [2.75, 3.05) is 39.3 Å². The molecule has 7 heteroatoms. The maximum Gasteiger partial charge on any atom is 0.270 e. The number of aromatic amines is 1. The first-order valence-electron chi connectivity index (χ1n) is 9.21. The van der Waals surface area contributed by atoms with Crippen LogP contribution in [0, 0.1) is 6.92 Å². The Bertz CT molecular complexity index is 881. The first-order chi connectivity index (χ1) is 13.2. The average Bonchev–Trinajstić information content (AvgIpc) is 3.14. The quantitative estimate of drug-likeness (QED) is 0.750. The summed E-state index contributed by atoms with van der Waals surface area (Å²) in [6, 6.07) is 13.6. The fraction of sp³-hybridized carbons (Fsp3) is 0.350. The minimum absolute atomic E-state index is 0.0667. The third kappa shape index (κ3) is 4.09. The molecular formula is C20H23N5O2. The van der Waals surface area contributed by atoms with Crippen molar-refractivity contribution in [1.82, 2.24) is 25.0 Å². The number of ether oxygens (including phenoxy) is 1. The lowest BCUT2D eigenvalue weighted by Gasteiger charge is -2.34. The van der Waals surface area contributed by atoms with E-state index >= 15 is 0 Å². The van der Waals surface area contributed by atoms with Crippen LogP contribution in [0.15, 0.2) is 42.5 Å². The Hall–Kier alpha value is -2.93. The topological polar surface area (TPSA) is 74.3 Å². The minimum Gasteiger partial charge on any atom is -0.475 e. The normalized spacial score (nSPS) is 15.2. The predicted molar refractivity (Wildman–Crippen MR) is 103 cm³/mol. The van der Waals surface area contributed by atoms with Crippen molar-refractivity contribution in [3.05, 3.63) is 53.9 Å². The maximum absolute atomic E-state index is 12.7. The monoisotopic (exact) mass is 365 g/mol. The molecule has 3 heterocycles. The largest absolute Gasteiger partial charge is 0.475 e. The first kappa shape index (κ1) is 17.5. The summed E-state index contributed by atoms with van der Waals surface area (Å²) in [6.07, 6.45) is 0. The number of carbonyl (C=O) groups is 1. The zero-order valence-electron chi connectivity index (χ0n) is 15.4. The number of para-hydroxylation sites is 1. The number of H-pyrrole nitrogens is 1. The van der Waals surface area contributed by atoms with Gasteiger partial charge < -0.3 is 14.6 Å². The Morgan fingerprint density at radius 1 is 1.11 bits per heavy atom. The highest BCUT2D eigenvalue weighted by atomic mass is 16.5. The molecule has 4 rings (SSSR count). The van der Waals surface area contributed by atoms with Crippen molar-refractivity contribution in [2.45, 2.75) is 6.92 Å². The van der Waals surface area contributed by atoms with Gasteiger partial charge in [-0.15, -0.1) is 5.10 Å². The van der Waals surface area contributed by atoms with Crippen LogP contribution in [0.2, 0.25) is 0 Å². The van der Waals surface area contributed by atoms with Gasteiger partial charge in [0.05, 0.1) is 5.69 Å². The van der Waals surface area contributed by atoms with E-state index in [1.807, 2.05) is 54.3 Å². The molecule has 0 aliphatic carbocycles. The lowest BCUT2D eigenvalue weighted by Crippen LogP contribution is -2.49. The number of nitrogens with one attached hydrogen (secondary N) is 1. The lowest BCUT2D eigenvalue weighted by atomic mass is 10.2. The number of amides is 1. The fourth-order valence-electron chi connectivity index (χ4n) is 3.28. The summed E-state index contributed by atoms with van der Waals surface area (Å²) in [6.45, 7) is 6.39. The Morgan fingerprint density at radius 3 is 2.67 bits per heavy atom. The summed E-state index contributed by atoms with van der Waals surface area (Å²) in [5.74, 6) is 0.616. The molecular weight excluding hydrogens is 342 g/mol. The second-order valence-corrected chi connectivity index (χ2v) is 6.77. The molecule has 1 aliphatic rings. The molecule has 0 unspecified atom stereocenters. The molecule has 140 valence electrons. The molecule has 2 aromatic heterocycles. The summed E-state index contributed by atoms with van der Waals surface area (Å²) in [4.78, 5) is 20.2. The van der Waals surface area contributed by atoms with Crippen molar-refractivity contribution in [3.63, 3.8) is 0 Å². The second kappa shape index (κ2) is 7.75. The highest BCUT2D eigenvalue weighted by Crippen LogP contribution is 2.17. The van der Waals surface area contributed by atoms with Gasteiger partial charge in [-0.25, -0.2) is 0 Å². The summed E-state index contributed by atoms with van der Waals surface area (Å²) < 4.78 is 5.64. The number of fused-ring (bicyclic) bond motifs is 1. The molecule has 1 aromatic carbocycles. The summed E-state index contributed by atoms with van der Waals surface area (Å²) >= 11 is 0. The molecule has 1 aliphatic heterocycles. The molecule has 0 saturated carbocycles. The van der Waals surface area contributed by atoms with E-state index in [-0.39, 0.29) is 5.91 Å². The van der Waals surface area contributed by atoms with E-state index in [9.17, 15) is 4.79 Å². The van der Waals surface area contributed by atoms with Crippen LogP contribution < -0.4 is 4.74 Å². The van der Waals surface area contributed by atoms with Crippen LogP contribution in [0.4, 0.5) is 0 Å². The van der Waals surface area contributed by atoms with Gasteiger partial charge in [0.15, 0.2) is 0 Å². The van der Waals surface area contributed by atoms with Crippen LogP contribution in [0.5, 0.6) is 5.88 Å². The van der Waals surface area contributed by atoms with Gasteiger partial charge in [0.25, 0.3) is 5.91 Å². The number of hydrogen-bond donors (Lipinski definition) is 1. The maximum atomic E-state index is 12.7. The van der Waals surface area contributed by atoms with Crippen molar-refractivity contribution < 1.29 is 9.53 Å². The van der Waals surface area contributed by atoms with Crippen LogP contribution >= 0.6 is 0 Å². The predicted octanol–water partition coefficient (Wildman–Crippen LogP) is 2.10. The summed E-state index contributed by atoms with van der Waals surface area (Å²) in [5, 5.41) is 9.05. The average molecular weight is 365 g/mol. The van der Waals surface area contributed by atoms with Crippen molar-refractivity contribution in [3.8, 4) is 5.88 Å². The third-order valence-corrected chi connectivity index (χ3v) is 4.85. The Kier molecular flexibility index (Phi) is 5.02. The van der Waals surface area contributed by atoms with Gasteiger partial charge in [0.2, 0.25) is 5.88 Å². The van der Waals surface area contributed by atoms with Crippen LogP contribution in [-0.4, -0.2) is 70.2 Å². The van der Waals surface area contributed by atoms with E-state index in [0.29, 0.717) is 18.2 Å². The van der Waals surface area contributed by atoms with Gasteiger partial charge in [-0.2, -0.15) is 5.10 Å².